The third-order valence-electron chi connectivity index (χ3n) is 2.24. The fourth-order valence-corrected chi connectivity index (χ4v) is 2.07. The summed E-state index contributed by atoms with van der Waals surface area (Å²) in [5.41, 5.74) is 1.41. The van der Waals surface area contributed by atoms with Crippen molar-refractivity contribution in [1.82, 2.24) is 14.8 Å². The van der Waals surface area contributed by atoms with Gasteiger partial charge in [0.25, 0.3) is 0 Å². The predicted octanol–water partition coefficient (Wildman–Crippen LogP) is 3.50. The highest BCUT2D eigenvalue weighted by Gasteiger charge is 2.10. The molecule has 0 aliphatic rings. The summed E-state index contributed by atoms with van der Waals surface area (Å²) in [5, 5.41) is 4.43. The van der Waals surface area contributed by atoms with Crippen molar-refractivity contribution in [2.75, 3.05) is 0 Å². The van der Waals surface area contributed by atoms with Crippen LogP contribution < -0.4 is 0 Å². The summed E-state index contributed by atoms with van der Waals surface area (Å²) in [4.78, 5) is 4.02. The summed E-state index contributed by atoms with van der Waals surface area (Å²) < 4.78 is 15.5. The smallest absolute Gasteiger partial charge is 0.141 e. The minimum Gasteiger partial charge on any atom is -0.271 e. The van der Waals surface area contributed by atoms with E-state index >= 15 is 0 Å². The molecule has 0 saturated carbocycles. The molecule has 0 N–H and O–H groups in total. The third-order valence-corrected chi connectivity index (χ3v) is 2.82. The van der Waals surface area contributed by atoms with E-state index in [1.807, 2.05) is 10.9 Å². The van der Waals surface area contributed by atoms with Gasteiger partial charge in [0.05, 0.1) is 16.4 Å². The molecule has 0 saturated heterocycles. The van der Waals surface area contributed by atoms with Crippen LogP contribution in [0.3, 0.4) is 0 Å². The van der Waals surface area contributed by atoms with E-state index in [1.165, 1.54) is 12.3 Å². The second-order valence-corrected chi connectivity index (χ2v) is 5.16. The molecule has 3 nitrogen and oxygen atoms in total. The zero-order valence-electron chi connectivity index (χ0n) is 9.69. The van der Waals surface area contributed by atoms with Crippen molar-refractivity contribution in [3.05, 3.63) is 34.8 Å². The van der Waals surface area contributed by atoms with Crippen LogP contribution in [0, 0.1) is 11.7 Å². The highest BCUT2D eigenvalue weighted by molar-refractivity contribution is 9.10. The van der Waals surface area contributed by atoms with E-state index in [-0.39, 0.29) is 5.82 Å². The van der Waals surface area contributed by atoms with Crippen LogP contribution in [0.5, 0.6) is 0 Å². The summed E-state index contributed by atoms with van der Waals surface area (Å²) >= 11 is 3.45. The summed E-state index contributed by atoms with van der Waals surface area (Å²) in [6.07, 6.45) is 3.11. The van der Waals surface area contributed by atoms with Crippen molar-refractivity contribution in [1.29, 1.82) is 0 Å². The molecule has 0 aromatic carbocycles. The van der Waals surface area contributed by atoms with Gasteiger partial charge in [-0.3, -0.25) is 9.67 Å². The van der Waals surface area contributed by atoms with E-state index in [0.29, 0.717) is 11.6 Å². The molecular weight excluding hydrogens is 285 g/mol. The molecule has 0 atom stereocenters. The van der Waals surface area contributed by atoms with Crippen molar-refractivity contribution in [2.24, 2.45) is 5.92 Å². The molecule has 90 valence electrons. The maximum absolute atomic E-state index is 12.8. The average Bonchev–Trinajstić information content (AvgIpc) is 2.59. The molecule has 5 heteroatoms. The molecule has 0 bridgehead atoms. The second kappa shape index (κ2) is 4.96. The fourth-order valence-electron chi connectivity index (χ4n) is 1.55. The van der Waals surface area contributed by atoms with Gasteiger partial charge in [-0.15, -0.1) is 0 Å². The SMILES string of the molecule is CC(C)Cn1cc(Br)c(-c2ccc(F)cn2)n1. The largest absolute Gasteiger partial charge is 0.271 e. The summed E-state index contributed by atoms with van der Waals surface area (Å²) in [6, 6.07) is 3.01. The fraction of sp³-hybridized carbons (Fsp3) is 0.333. The van der Waals surface area contributed by atoms with Gasteiger partial charge in [-0.1, -0.05) is 13.8 Å². The minimum absolute atomic E-state index is 0.341. The van der Waals surface area contributed by atoms with Crippen molar-refractivity contribution in [3.63, 3.8) is 0 Å². The Kier molecular flexibility index (Phi) is 3.57. The molecule has 0 amide bonds. The van der Waals surface area contributed by atoms with E-state index in [0.717, 1.165) is 16.7 Å². The lowest BCUT2D eigenvalue weighted by atomic mass is 10.2. The van der Waals surface area contributed by atoms with Gasteiger partial charge in [0.2, 0.25) is 0 Å². The Morgan fingerprint density at radius 1 is 1.41 bits per heavy atom. The number of pyridine rings is 1. The van der Waals surface area contributed by atoms with Crippen LogP contribution in [0.1, 0.15) is 13.8 Å². The number of aromatic nitrogens is 3. The number of hydrogen-bond donors (Lipinski definition) is 0. The molecule has 0 fully saturated rings. The van der Waals surface area contributed by atoms with Crippen LogP contribution >= 0.6 is 15.9 Å². The monoisotopic (exact) mass is 297 g/mol. The quantitative estimate of drug-likeness (QED) is 0.868. The maximum Gasteiger partial charge on any atom is 0.141 e. The topological polar surface area (TPSA) is 30.7 Å². The van der Waals surface area contributed by atoms with Crippen LogP contribution in [0.25, 0.3) is 11.4 Å². The molecule has 2 aromatic rings. The molecule has 2 heterocycles. The van der Waals surface area contributed by atoms with Crippen LogP contribution in [0.15, 0.2) is 29.0 Å². The number of rotatable bonds is 3. The highest BCUT2D eigenvalue weighted by Crippen LogP contribution is 2.25. The second-order valence-electron chi connectivity index (χ2n) is 4.30. The first-order chi connectivity index (χ1) is 8.06. The first-order valence-corrected chi connectivity index (χ1v) is 6.20. The Bertz CT molecular complexity index is 505. The van der Waals surface area contributed by atoms with Gasteiger partial charge >= 0.3 is 0 Å². The molecule has 0 aliphatic heterocycles. The molecular formula is C12H13BrFN3. The van der Waals surface area contributed by atoms with E-state index in [2.05, 4.69) is 39.9 Å². The number of hydrogen-bond acceptors (Lipinski definition) is 2. The molecule has 2 aromatic heterocycles. The standard InChI is InChI=1S/C12H13BrFN3/c1-8(2)6-17-7-10(13)12(16-17)11-4-3-9(14)5-15-11/h3-5,7-8H,6H2,1-2H3. The Labute approximate surface area is 108 Å². The van der Waals surface area contributed by atoms with Crippen LogP contribution in [-0.2, 0) is 6.54 Å². The van der Waals surface area contributed by atoms with Gasteiger partial charge in [0.1, 0.15) is 11.5 Å². The lowest BCUT2D eigenvalue weighted by Crippen LogP contribution is -2.04. The Morgan fingerprint density at radius 3 is 2.76 bits per heavy atom. The zero-order valence-corrected chi connectivity index (χ0v) is 11.3. The average molecular weight is 298 g/mol. The summed E-state index contributed by atoms with van der Waals surface area (Å²) in [7, 11) is 0. The third kappa shape index (κ3) is 2.91. The molecule has 0 aliphatic carbocycles. The first kappa shape index (κ1) is 12.2. The molecule has 2 rings (SSSR count). The summed E-state index contributed by atoms with van der Waals surface area (Å²) in [6.45, 7) is 5.11. The maximum atomic E-state index is 12.8. The van der Waals surface area contributed by atoms with Gasteiger partial charge in [-0.2, -0.15) is 5.10 Å². The Hall–Kier alpha value is -1.23. The zero-order chi connectivity index (χ0) is 12.4. The van der Waals surface area contributed by atoms with Crippen LogP contribution in [0.2, 0.25) is 0 Å². The molecule has 0 radical (unpaired) electrons. The van der Waals surface area contributed by atoms with Crippen molar-refractivity contribution in [3.8, 4) is 11.4 Å². The first-order valence-electron chi connectivity index (χ1n) is 5.41. The van der Waals surface area contributed by atoms with Crippen LogP contribution in [-0.4, -0.2) is 14.8 Å². The molecule has 0 unspecified atom stereocenters. The number of nitrogens with zero attached hydrogens (tertiary/aromatic N) is 3. The Balaban J connectivity index is 2.32. The molecule has 17 heavy (non-hydrogen) atoms. The molecule has 0 spiro atoms. The predicted molar refractivity (Wildman–Crippen MR) is 68.0 cm³/mol. The number of halogens is 2. The van der Waals surface area contributed by atoms with Gasteiger partial charge in [-0.05, 0) is 34.0 Å². The summed E-state index contributed by atoms with van der Waals surface area (Å²) in [5.74, 6) is 0.183. The van der Waals surface area contributed by atoms with Crippen LogP contribution in [0.4, 0.5) is 4.39 Å². The van der Waals surface area contributed by atoms with Gasteiger partial charge in [0.15, 0.2) is 0 Å². The van der Waals surface area contributed by atoms with Gasteiger partial charge in [-0.25, -0.2) is 4.39 Å². The minimum atomic E-state index is -0.341. The van der Waals surface area contributed by atoms with E-state index in [9.17, 15) is 4.39 Å². The van der Waals surface area contributed by atoms with Crippen molar-refractivity contribution >= 4 is 15.9 Å². The Morgan fingerprint density at radius 2 is 2.18 bits per heavy atom. The van der Waals surface area contributed by atoms with E-state index in [1.54, 1.807) is 6.07 Å². The lowest BCUT2D eigenvalue weighted by Gasteiger charge is -2.03. The lowest BCUT2D eigenvalue weighted by molar-refractivity contribution is 0.484. The van der Waals surface area contributed by atoms with Gasteiger partial charge < -0.3 is 0 Å². The van der Waals surface area contributed by atoms with Crippen molar-refractivity contribution < 1.29 is 4.39 Å². The normalized spacial score (nSPS) is 11.1. The van der Waals surface area contributed by atoms with E-state index in [4.69, 9.17) is 0 Å². The van der Waals surface area contributed by atoms with E-state index < -0.39 is 0 Å². The highest BCUT2D eigenvalue weighted by atomic mass is 79.9. The van der Waals surface area contributed by atoms with Gasteiger partial charge in [0, 0.05) is 12.7 Å². The van der Waals surface area contributed by atoms with Crippen molar-refractivity contribution in [2.45, 2.75) is 20.4 Å².